The van der Waals surface area contributed by atoms with Crippen molar-refractivity contribution in [2.24, 2.45) is 0 Å². The summed E-state index contributed by atoms with van der Waals surface area (Å²) in [6, 6.07) is 7.16. The van der Waals surface area contributed by atoms with E-state index in [1.807, 2.05) is 6.07 Å². The van der Waals surface area contributed by atoms with Gasteiger partial charge in [0.05, 0.1) is 11.5 Å². The zero-order chi connectivity index (χ0) is 13.2. The number of carboxylic acid groups (broad SMARTS) is 1. The quantitative estimate of drug-likeness (QED) is 0.781. The van der Waals surface area contributed by atoms with Gasteiger partial charge in [0.2, 0.25) is 0 Å². The van der Waals surface area contributed by atoms with E-state index in [4.69, 9.17) is 6.42 Å². The Morgan fingerprint density at radius 2 is 2.06 bits per heavy atom. The van der Waals surface area contributed by atoms with Gasteiger partial charge in [-0.15, -0.1) is 6.42 Å². The molecule has 0 aromatic heterocycles. The molecule has 3 heteroatoms. The molecular weight excluding hydrogens is 228 g/mol. The Morgan fingerprint density at radius 3 is 2.61 bits per heavy atom. The van der Waals surface area contributed by atoms with Crippen LogP contribution >= 0.6 is 0 Å². The van der Waals surface area contributed by atoms with Gasteiger partial charge in [-0.05, 0) is 43.4 Å². The van der Waals surface area contributed by atoms with Crippen LogP contribution in [-0.2, 0) is 10.2 Å². The second-order valence-corrected chi connectivity index (χ2v) is 4.84. The lowest BCUT2D eigenvalue weighted by Gasteiger charge is -2.35. The number of carbonyl (C=O) groups is 1. The van der Waals surface area contributed by atoms with Gasteiger partial charge in [-0.3, -0.25) is 4.79 Å². The number of aliphatic carboxylic acids is 1. The van der Waals surface area contributed by atoms with E-state index in [1.54, 1.807) is 18.2 Å². The average molecular weight is 244 g/mol. The lowest BCUT2D eigenvalue weighted by molar-refractivity contribution is -0.146. The predicted molar refractivity (Wildman–Crippen MR) is 68.2 cm³/mol. The maximum absolute atomic E-state index is 11.6. The molecule has 0 saturated heterocycles. The van der Waals surface area contributed by atoms with Crippen molar-refractivity contribution in [3.05, 3.63) is 35.4 Å². The van der Waals surface area contributed by atoms with E-state index in [0.29, 0.717) is 31.2 Å². The molecule has 0 aliphatic heterocycles. The summed E-state index contributed by atoms with van der Waals surface area (Å²) in [5.74, 6) is 1.70. The largest absolute Gasteiger partial charge is 0.481 e. The maximum atomic E-state index is 11.6. The molecule has 0 heterocycles. The summed E-state index contributed by atoms with van der Waals surface area (Å²) in [6.07, 6.45) is 6.92. The molecule has 1 aromatic rings. The van der Waals surface area contributed by atoms with E-state index in [9.17, 15) is 15.0 Å². The number of terminal acetylenes is 1. The average Bonchev–Trinajstić information content (AvgIpc) is 2.39. The summed E-state index contributed by atoms with van der Waals surface area (Å²) in [6.45, 7) is 0. The number of carboxylic acids is 1. The van der Waals surface area contributed by atoms with Gasteiger partial charge in [-0.2, -0.15) is 0 Å². The Labute approximate surface area is 106 Å². The Hall–Kier alpha value is -1.79. The fourth-order valence-electron chi connectivity index (χ4n) is 2.63. The highest BCUT2D eigenvalue weighted by atomic mass is 16.4. The van der Waals surface area contributed by atoms with Crippen LogP contribution in [0.5, 0.6) is 0 Å². The summed E-state index contributed by atoms with van der Waals surface area (Å²) < 4.78 is 0. The topological polar surface area (TPSA) is 57.5 Å². The van der Waals surface area contributed by atoms with Crippen molar-refractivity contribution < 1.29 is 15.0 Å². The van der Waals surface area contributed by atoms with Gasteiger partial charge < -0.3 is 10.2 Å². The van der Waals surface area contributed by atoms with E-state index >= 15 is 0 Å². The molecule has 1 aromatic carbocycles. The molecule has 0 atom stereocenters. The third-order valence-electron chi connectivity index (χ3n) is 3.80. The molecule has 1 fully saturated rings. The molecular formula is C15H16O3. The van der Waals surface area contributed by atoms with E-state index in [2.05, 4.69) is 5.92 Å². The first-order valence-electron chi connectivity index (χ1n) is 6.07. The summed E-state index contributed by atoms with van der Waals surface area (Å²) in [4.78, 5) is 11.6. The normalized spacial score (nSPS) is 27.4. The minimum atomic E-state index is -0.897. The molecule has 0 radical (unpaired) electrons. The number of hydrogen-bond donors (Lipinski definition) is 2. The first-order chi connectivity index (χ1) is 8.58. The molecule has 94 valence electrons. The predicted octanol–water partition coefficient (Wildman–Crippen LogP) is 1.93. The van der Waals surface area contributed by atoms with Crippen molar-refractivity contribution in [3.8, 4) is 12.3 Å². The summed E-state index contributed by atoms with van der Waals surface area (Å²) in [7, 11) is 0. The van der Waals surface area contributed by atoms with Gasteiger partial charge in [0.1, 0.15) is 0 Å². The SMILES string of the molecule is C#Cc1cccc(C2(C(=O)O)CCC(O)CC2)c1. The molecule has 2 rings (SSSR count). The van der Waals surface area contributed by atoms with Gasteiger partial charge in [-0.1, -0.05) is 18.1 Å². The van der Waals surface area contributed by atoms with Crippen LogP contribution < -0.4 is 0 Å². The third-order valence-corrected chi connectivity index (χ3v) is 3.80. The first kappa shape index (κ1) is 12.7. The van der Waals surface area contributed by atoms with Gasteiger partial charge in [0, 0.05) is 5.56 Å². The molecule has 0 unspecified atom stereocenters. The smallest absolute Gasteiger partial charge is 0.314 e. The second kappa shape index (κ2) is 4.83. The summed E-state index contributed by atoms with van der Waals surface area (Å²) in [5, 5.41) is 19.1. The Kier molecular flexibility index (Phi) is 3.40. The van der Waals surface area contributed by atoms with Gasteiger partial charge in [-0.25, -0.2) is 0 Å². The Balaban J connectivity index is 2.42. The van der Waals surface area contributed by atoms with Crippen LogP contribution in [-0.4, -0.2) is 22.3 Å². The zero-order valence-corrected chi connectivity index (χ0v) is 10.1. The molecule has 1 saturated carbocycles. The number of rotatable bonds is 2. The van der Waals surface area contributed by atoms with Crippen LogP contribution in [0, 0.1) is 12.3 Å². The van der Waals surface area contributed by atoms with Crippen LogP contribution in [0.15, 0.2) is 24.3 Å². The van der Waals surface area contributed by atoms with Crippen LogP contribution in [0.1, 0.15) is 36.8 Å². The molecule has 0 bridgehead atoms. The van der Waals surface area contributed by atoms with Crippen LogP contribution in [0.2, 0.25) is 0 Å². The monoisotopic (exact) mass is 244 g/mol. The molecule has 18 heavy (non-hydrogen) atoms. The number of aliphatic hydroxyl groups excluding tert-OH is 1. The van der Waals surface area contributed by atoms with E-state index in [0.717, 1.165) is 5.56 Å². The van der Waals surface area contributed by atoms with Crippen molar-refractivity contribution in [1.29, 1.82) is 0 Å². The van der Waals surface area contributed by atoms with Crippen molar-refractivity contribution in [1.82, 2.24) is 0 Å². The number of hydrogen-bond acceptors (Lipinski definition) is 2. The summed E-state index contributed by atoms with van der Waals surface area (Å²) >= 11 is 0. The third kappa shape index (κ3) is 2.12. The van der Waals surface area contributed by atoms with E-state index in [1.165, 1.54) is 0 Å². The number of benzene rings is 1. The molecule has 1 aliphatic rings. The summed E-state index contributed by atoms with van der Waals surface area (Å²) in [5.41, 5.74) is 0.545. The van der Waals surface area contributed by atoms with Crippen molar-refractivity contribution in [2.45, 2.75) is 37.2 Å². The van der Waals surface area contributed by atoms with Crippen molar-refractivity contribution >= 4 is 5.97 Å². The van der Waals surface area contributed by atoms with Gasteiger partial charge >= 0.3 is 5.97 Å². The molecule has 0 amide bonds. The van der Waals surface area contributed by atoms with Crippen LogP contribution in [0.3, 0.4) is 0 Å². The second-order valence-electron chi connectivity index (χ2n) is 4.84. The van der Waals surface area contributed by atoms with Crippen molar-refractivity contribution in [2.75, 3.05) is 0 Å². The van der Waals surface area contributed by atoms with Crippen molar-refractivity contribution in [3.63, 3.8) is 0 Å². The lowest BCUT2D eigenvalue weighted by Crippen LogP contribution is -2.40. The highest BCUT2D eigenvalue weighted by molar-refractivity contribution is 5.81. The highest BCUT2D eigenvalue weighted by Crippen LogP contribution is 2.40. The minimum Gasteiger partial charge on any atom is -0.481 e. The van der Waals surface area contributed by atoms with Crippen LogP contribution in [0.25, 0.3) is 0 Å². The molecule has 0 spiro atoms. The highest BCUT2D eigenvalue weighted by Gasteiger charge is 2.43. The zero-order valence-electron chi connectivity index (χ0n) is 10.1. The fourth-order valence-corrected chi connectivity index (χ4v) is 2.63. The maximum Gasteiger partial charge on any atom is 0.314 e. The van der Waals surface area contributed by atoms with Gasteiger partial charge in [0.15, 0.2) is 0 Å². The lowest BCUT2D eigenvalue weighted by atomic mass is 9.68. The molecule has 3 nitrogen and oxygen atoms in total. The minimum absolute atomic E-state index is 0.381. The van der Waals surface area contributed by atoms with E-state index < -0.39 is 11.4 Å². The Bertz CT molecular complexity index is 491. The standard InChI is InChI=1S/C15H16O3/c1-2-11-4-3-5-12(10-11)15(14(17)18)8-6-13(16)7-9-15/h1,3-5,10,13,16H,6-9H2,(H,17,18). The fraction of sp³-hybridized carbons (Fsp3) is 0.400. The Morgan fingerprint density at radius 1 is 1.39 bits per heavy atom. The molecule has 2 N–H and O–H groups in total. The first-order valence-corrected chi connectivity index (χ1v) is 6.07. The van der Waals surface area contributed by atoms with Crippen LogP contribution in [0.4, 0.5) is 0 Å². The van der Waals surface area contributed by atoms with Gasteiger partial charge in [0.25, 0.3) is 0 Å². The number of aliphatic hydroxyl groups is 1. The molecule has 1 aliphatic carbocycles. The van der Waals surface area contributed by atoms with E-state index in [-0.39, 0.29) is 6.10 Å².